The van der Waals surface area contributed by atoms with Crippen LogP contribution in [0, 0.1) is 0 Å². The third-order valence-corrected chi connectivity index (χ3v) is 5.45. The largest absolute Gasteiger partial charge is 0.478 e. The highest BCUT2D eigenvalue weighted by Crippen LogP contribution is 2.05. The lowest BCUT2D eigenvalue weighted by atomic mass is 10.1. The smallest absolute Gasteiger partial charge is 0.335 e. The fourth-order valence-electron chi connectivity index (χ4n) is 3.45. The maximum atomic E-state index is 12.7. The van der Waals surface area contributed by atoms with Gasteiger partial charge in [-0.25, -0.2) is 4.79 Å². The van der Waals surface area contributed by atoms with E-state index in [2.05, 4.69) is 29.8 Å². The Morgan fingerprint density at radius 1 is 0.839 bits per heavy atom. The molecule has 0 saturated carbocycles. The van der Waals surface area contributed by atoms with Crippen LogP contribution < -0.4 is 16.0 Å². The van der Waals surface area contributed by atoms with Crippen LogP contribution in [0.4, 0.5) is 0 Å². The Labute approximate surface area is 188 Å². The van der Waals surface area contributed by atoms with Gasteiger partial charge >= 0.3 is 5.97 Å². The number of benzene rings is 1. The molecule has 0 aliphatic rings. The fraction of sp³-hybridized carbons (Fsp3) is 0.680. The minimum atomic E-state index is -0.922. The van der Waals surface area contributed by atoms with E-state index in [0.29, 0.717) is 13.1 Å². The van der Waals surface area contributed by atoms with Crippen molar-refractivity contribution in [2.24, 2.45) is 0 Å². The van der Waals surface area contributed by atoms with E-state index in [0.717, 1.165) is 37.9 Å². The van der Waals surface area contributed by atoms with Gasteiger partial charge in [0.1, 0.15) is 0 Å². The van der Waals surface area contributed by atoms with Gasteiger partial charge in [-0.15, -0.1) is 0 Å². The van der Waals surface area contributed by atoms with Crippen molar-refractivity contribution in [3.05, 3.63) is 35.4 Å². The molecule has 0 aliphatic heterocycles. The Bertz CT molecular complexity index is 605. The summed E-state index contributed by atoms with van der Waals surface area (Å²) in [6.07, 6.45) is 11.9. The number of carboxylic acids is 1. The SMILES string of the molecule is CCCCCCCCNC(CNCc1ccc(C(=O)O)cc1)C(=O)NCCCCCC. The van der Waals surface area contributed by atoms with Crippen LogP contribution in [0.1, 0.15) is 94.0 Å². The van der Waals surface area contributed by atoms with E-state index in [9.17, 15) is 9.59 Å². The lowest BCUT2D eigenvalue weighted by Gasteiger charge is -2.19. The molecule has 0 heterocycles. The van der Waals surface area contributed by atoms with Gasteiger partial charge in [0.05, 0.1) is 11.6 Å². The van der Waals surface area contributed by atoms with Gasteiger partial charge in [-0.1, -0.05) is 77.3 Å². The molecule has 0 aliphatic carbocycles. The van der Waals surface area contributed by atoms with E-state index in [4.69, 9.17) is 5.11 Å². The van der Waals surface area contributed by atoms with Crippen LogP contribution >= 0.6 is 0 Å². The fourth-order valence-corrected chi connectivity index (χ4v) is 3.45. The summed E-state index contributed by atoms with van der Waals surface area (Å²) in [5.41, 5.74) is 1.28. The summed E-state index contributed by atoms with van der Waals surface area (Å²) >= 11 is 0. The van der Waals surface area contributed by atoms with Crippen molar-refractivity contribution >= 4 is 11.9 Å². The Balaban J connectivity index is 2.42. The molecule has 0 radical (unpaired) electrons. The van der Waals surface area contributed by atoms with Gasteiger partial charge in [0.15, 0.2) is 0 Å². The molecular weight excluding hydrogens is 390 g/mol. The number of hydrogen-bond donors (Lipinski definition) is 4. The maximum Gasteiger partial charge on any atom is 0.335 e. The number of unbranched alkanes of at least 4 members (excludes halogenated alkanes) is 8. The molecule has 0 spiro atoms. The lowest BCUT2D eigenvalue weighted by Crippen LogP contribution is -2.50. The van der Waals surface area contributed by atoms with Crippen molar-refractivity contribution in [3.8, 4) is 0 Å². The minimum Gasteiger partial charge on any atom is -0.478 e. The van der Waals surface area contributed by atoms with E-state index in [1.807, 2.05) is 12.1 Å². The lowest BCUT2D eigenvalue weighted by molar-refractivity contribution is -0.123. The molecule has 1 aromatic rings. The topological polar surface area (TPSA) is 90.5 Å². The molecule has 176 valence electrons. The first-order chi connectivity index (χ1) is 15.1. The van der Waals surface area contributed by atoms with Crippen molar-refractivity contribution in [1.82, 2.24) is 16.0 Å². The number of nitrogens with one attached hydrogen (secondary N) is 3. The van der Waals surface area contributed by atoms with Gasteiger partial charge in [-0.3, -0.25) is 4.79 Å². The highest BCUT2D eigenvalue weighted by atomic mass is 16.4. The molecule has 1 atom stereocenters. The number of aromatic carboxylic acids is 1. The highest BCUT2D eigenvalue weighted by Gasteiger charge is 2.16. The first-order valence-corrected chi connectivity index (χ1v) is 12.1. The van der Waals surface area contributed by atoms with Gasteiger partial charge < -0.3 is 21.1 Å². The van der Waals surface area contributed by atoms with Crippen LogP contribution in [-0.2, 0) is 11.3 Å². The highest BCUT2D eigenvalue weighted by molar-refractivity contribution is 5.87. The van der Waals surface area contributed by atoms with Crippen LogP contribution in [0.15, 0.2) is 24.3 Å². The van der Waals surface area contributed by atoms with Crippen LogP contribution in [-0.4, -0.2) is 42.7 Å². The molecule has 6 heteroatoms. The summed E-state index contributed by atoms with van der Waals surface area (Å²) in [7, 11) is 0. The van der Waals surface area contributed by atoms with E-state index in [1.54, 1.807) is 12.1 Å². The molecule has 1 aromatic carbocycles. The second-order valence-corrected chi connectivity index (χ2v) is 8.26. The van der Waals surface area contributed by atoms with Gasteiger partial charge in [0.2, 0.25) is 5.91 Å². The monoisotopic (exact) mass is 433 g/mol. The number of rotatable bonds is 19. The second kappa shape index (κ2) is 17.7. The molecule has 6 nitrogen and oxygen atoms in total. The summed E-state index contributed by atoms with van der Waals surface area (Å²) in [5, 5.41) is 18.8. The summed E-state index contributed by atoms with van der Waals surface area (Å²) in [6, 6.07) is 6.57. The predicted molar refractivity (Wildman–Crippen MR) is 127 cm³/mol. The average molecular weight is 434 g/mol. The normalized spacial score (nSPS) is 11.9. The van der Waals surface area contributed by atoms with Crippen LogP contribution in [0.2, 0.25) is 0 Å². The zero-order valence-electron chi connectivity index (χ0n) is 19.5. The van der Waals surface area contributed by atoms with Gasteiger partial charge in [0.25, 0.3) is 0 Å². The summed E-state index contributed by atoms with van der Waals surface area (Å²) in [5.74, 6) is -0.870. The number of amides is 1. The van der Waals surface area contributed by atoms with Crippen LogP contribution in [0.25, 0.3) is 0 Å². The Morgan fingerprint density at radius 2 is 1.42 bits per heavy atom. The predicted octanol–water partition coefficient (Wildman–Crippen LogP) is 4.49. The van der Waals surface area contributed by atoms with Crippen molar-refractivity contribution in [2.45, 2.75) is 90.6 Å². The molecule has 1 rings (SSSR count). The van der Waals surface area contributed by atoms with Crippen molar-refractivity contribution in [2.75, 3.05) is 19.6 Å². The number of hydrogen-bond acceptors (Lipinski definition) is 4. The molecule has 1 amide bonds. The zero-order chi connectivity index (χ0) is 22.7. The number of carbonyl (C=O) groups is 2. The number of carboxylic acid groups (broad SMARTS) is 1. The Morgan fingerprint density at radius 3 is 2.06 bits per heavy atom. The first kappa shape index (κ1) is 27.1. The van der Waals surface area contributed by atoms with E-state index in [1.165, 1.54) is 44.9 Å². The second-order valence-electron chi connectivity index (χ2n) is 8.26. The minimum absolute atomic E-state index is 0.0520. The summed E-state index contributed by atoms with van der Waals surface area (Å²) in [6.45, 7) is 7.11. The molecular formula is C25H43N3O3. The van der Waals surface area contributed by atoms with Crippen molar-refractivity contribution in [3.63, 3.8) is 0 Å². The molecule has 0 aromatic heterocycles. The van der Waals surface area contributed by atoms with E-state index >= 15 is 0 Å². The average Bonchev–Trinajstić information content (AvgIpc) is 2.77. The standard InChI is InChI=1S/C25H43N3O3/c1-3-5-7-9-10-12-17-27-23(24(29)28-18-11-8-6-4-2)20-26-19-21-13-15-22(16-14-21)25(30)31/h13-16,23,26-27H,3-12,17-20H2,1-2H3,(H,28,29)(H,30,31). The Hall–Kier alpha value is -1.92. The van der Waals surface area contributed by atoms with Crippen LogP contribution in [0.5, 0.6) is 0 Å². The third-order valence-electron chi connectivity index (χ3n) is 5.45. The molecule has 31 heavy (non-hydrogen) atoms. The molecule has 1 unspecified atom stereocenters. The maximum absolute atomic E-state index is 12.7. The first-order valence-electron chi connectivity index (χ1n) is 12.1. The molecule has 0 bridgehead atoms. The third kappa shape index (κ3) is 13.2. The van der Waals surface area contributed by atoms with Crippen molar-refractivity contribution in [1.29, 1.82) is 0 Å². The van der Waals surface area contributed by atoms with Gasteiger partial charge in [0, 0.05) is 19.6 Å². The quantitative estimate of drug-likeness (QED) is 0.241. The van der Waals surface area contributed by atoms with Gasteiger partial charge in [-0.2, -0.15) is 0 Å². The van der Waals surface area contributed by atoms with Crippen molar-refractivity contribution < 1.29 is 14.7 Å². The Kier molecular flexibility index (Phi) is 15.5. The zero-order valence-corrected chi connectivity index (χ0v) is 19.5. The van der Waals surface area contributed by atoms with E-state index < -0.39 is 5.97 Å². The summed E-state index contributed by atoms with van der Waals surface area (Å²) in [4.78, 5) is 23.6. The number of carbonyl (C=O) groups excluding carboxylic acids is 1. The molecule has 4 N–H and O–H groups in total. The molecule has 0 fully saturated rings. The van der Waals surface area contributed by atoms with Crippen LogP contribution in [0.3, 0.4) is 0 Å². The molecule has 0 saturated heterocycles. The van der Waals surface area contributed by atoms with Gasteiger partial charge in [-0.05, 0) is 37.1 Å². The van der Waals surface area contributed by atoms with E-state index in [-0.39, 0.29) is 17.5 Å². The summed E-state index contributed by atoms with van der Waals surface area (Å²) < 4.78 is 0.